The van der Waals surface area contributed by atoms with E-state index in [1.807, 2.05) is 61.5 Å². The van der Waals surface area contributed by atoms with Gasteiger partial charge in [0.1, 0.15) is 5.75 Å². The van der Waals surface area contributed by atoms with Crippen molar-refractivity contribution >= 4 is 17.6 Å². The predicted octanol–water partition coefficient (Wildman–Crippen LogP) is 3.65. The van der Waals surface area contributed by atoms with Crippen LogP contribution in [0.3, 0.4) is 0 Å². The summed E-state index contributed by atoms with van der Waals surface area (Å²) in [5.41, 5.74) is 1.82. The lowest BCUT2D eigenvalue weighted by molar-refractivity contribution is -0.122. The topological polar surface area (TPSA) is 70.7 Å². The minimum atomic E-state index is -0.128. The molecule has 6 nitrogen and oxygen atoms in total. The number of rotatable bonds is 7. The molecule has 1 aliphatic heterocycles. The molecule has 28 heavy (non-hydrogen) atoms. The summed E-state index contributed by atoms with van der Waals surface area (Å²) in [6.07, 6.45) is 1.29. The minimum Gasteiger partial charge on any atom is -0.494 e. The van der Waals surface area contributed by atoms with Crippen LogP contribution >= 0.6 is 0 Å². The standard InChI is InChI=1S/C22H27N3O3/c1-2-28-20-10-8-19(9-11-20)24-22(27)25-13-12-18(16-25)14-21(26)23-15-17-6-4-3-5-7-17/h3-11,18H,2,12-16H2,1H3,(H,23,26)(H,24,27). The van der Waals surface area contributed by atoms with Crippen molar-refractivity contribution in [2.75, 3.05) is 25.0 Å². The molecule has 2 aromatic rings. The van der Waals surface area contributed by atoms with Crippen LogP contribution in [0.15, 0.2) is 54.6 Å². The fourth-order valence-electron chi connectivity index (χ4n) is 3.32. The monoisotopic (exact) mass is 381 g/mol. The third kappa shape index (κ3) is 5.74. The molecule has 0 spiro atoms. The van der Waals surface area contributed by atoms with Crippen LogP contribution < -0.4 is 15.4 Å². The number of ether oxygens (including phenoxy) is 1. The fourth-order valence-corrected chi connectivity index (χ4v) is 3.32. The Balaban J connectivity index is 1.41. The Labute approximate surface area is 165 Å². The van der Waals surface area contributed by atoms with Crippen LogP contribution in [0.5, 0.6) is 5.75 Å². The summed E-state index contributed by atoms with van der Waals surface area (Å²) >= 11 is 0. The van der Waals surface area contributed by atoms with Gasteiger partial charge in [0.05, 0.1) is 6.61 Å². The van der Waals surface area contributed by atoms with Crippen molar-refractivity contribution < 1.29 is 14.3 Å². The van der Waals surface area contributed by atoms with Crippen LogP contribution in [0.4, 0.5) is 10.5 Å². The van der Waals surface area contributed by atoms with Gasteiger partial charge < -0.3 is 20.3 Å². The molecule has 2 N–H and O–H groups in total. The van der Waals surface area contributed by atoms with Gasteiger partial charge in [0, 0.05) is 31.7 Å². The average Bonchev–Trinajstić information content (AvgIpc) is 3.17. The normalized spacial score (nSPS) is 15.9. The van der Waals surface area contributed by atoms with E-state index in [2.05, 4.69) is 10.6 Å². The Morgan fingerprint density at radius 3 is 2.57 bits per heavy atom. The van der Waals surface area contributed by atoms with E-state index in [4.69, 9.17) is 4.74 Å². The molecule has 2 aromatic carbocycles. The molecule has 3 amide bonds. The molecule has 0 aliphatic carbocycles. The number of benzene rings is 2. The van der Waals surface area contributed by atoms with Crippen molar-refractivity contribution in [3.63, 3.8) is 0 Å². The molecule has 0 aromatic heterocycles. The Morgan fingerprint density at radius 2 is 1.86 bits per heavy atom. The van der Waals surface area contributed by atoms with Gasteiger partial charge >= 0.3 is 6.03 Å². The summed E-state index contributed by atoms with van der Waals surface area (Å²) in [7, 11) is 0. The molecular weight excluding hydrogens is 354 g/mol. The molecule has 0 saturated carbocycles. The molecule has 0 radical (unpaired) electrons. The van der Waals surface area contributed by atoms with E-state index in [-0.39, 0.29) is 17.9 Å². The van der Waals surface area contributed by atoms with Crippen LogP contribution in [-0.4, -0.2) is 36.5 Å². The van der Waals surface area contributed by atoms with E-state index in [0.717, 1.165) is 23.4 Å². The minimum absolute atomic E-state index is 0.0302. The summed E-state index contributed by atoms with van der Waals surface area (Å²) < 4.78 is 5.40. The fraction of sp³-hybridized carbons (Fsp3) is 0.364. The first kappa shape index (κ1) is 19.7. The zero-order chi connectivity index (χ0) is 19.8. The highest BCUT2D eigenvalue weighted by Gasteiger charge is 2.27. The number of urea groups is 1. The number of anilines is 1. The van der Waals surface area contributed by atoms with Gasteiger partial charge in [-0.05, 0) is 49.1 Å². The van der Waals surface area contributed by atoms with Crippen molar-refractivity contribution in [3.05, 3.63) is 60.2 Å². The van der Waals surface area contributed by atoms with Gasteiger partial charge in [0.2, 0.25) is 5.91 Å². The number of amides is 3. The van der Waals surface area contributed by atoms with Crippen molar-refractivity contribution in [1.29, 1.82) is 0 Å². The number of hydrogen-bond donors (Lipinski definition) is 2. The third-order valence-electron chi connectivity index (χ3n) is 4.80. The van der Waals surface area contributed by atoms with E-state index in [1.165, 1.54) is 0 Å². The molecule has 1 unspecified atom stereocenters. The second-order valence-corrected chi connectivity index (χ2v) is 6.95. The van der Waals surface area contributed by atoms with Gasteiger partial charge in [0.15, 0.2) is 0 Å². The van der Waals surface area contributed by atoms with Gasteiger partial charge in [-0.2, -0.15) is 0 Å². The molecule has 148 valence electrons. The molecule has 6 heteroatoms. The number of hydrogen-bond acceptors (Lipinski definition) is 3. The summed E-state index contributed by atoms with van der Waals surface area (Å²) in [6.45, 7) is 4.34. The van der Waals surface area contributed by atoms with Crippen molar-refractivity contribution in [3.8, 4) is 5.75 Å². The number of likely N-dealkylation sites (tertiary alicyclic amines) is 1. The van der Waals surface area contributed by atoms with E-state index in [9.17, 15) is 9.59 Å². The van der Waals surface area contributed by atoms with Crippen molar-refractivity contribution in [1.82, 2.24) is 10.2 Å². The molecule has 0 bridgehead atoms. The number of carbonyl (C=O) groups excluding carboxylic acids is 2. The molecular formula is C22H27N3O3. The second-order valence-electron chi connectivity index (χ2n) is 6.95. The van der Waals surface area contributed by atoms with Gasteiger partial charge in [0.25, 0.3) is 0 Å². The highest BCUT2D eigenvalue weighted by atomic mass is 16.5. The van der Waals surface area contributed by atoms with E-state index < -0.39 is 0 Å². The van der Waals surface area contributed by atoms with Gasteiger partial charge in [-0.3, -0.25) is 4.79 Å². The summed E-state index contributed by atoms with van der Waals surface area (Å²) in [5.74, 6) is 1.01. The smallest absolute Gasteiger partial charge is 0.321 e. The first-order valence-electron chi connectivity index (χ1n) is 9.73. The zero-order valence-electron chi connectivity index (χ0n) is 16.2. The maximum Gasteiger partial charge on any atom is 0.321 e. The van der Waals surface area contributed by atoms with Crippen LogP contribution in [0.1, 0.15) is 25.3 Å². The zero-order valence-corrected chi connectivity index (χ0v) is 16.2. The molecule has 1 saturated heterocycles. The lowest BCUT2D eigenvalue weighted by Gasteiger charge is -2.17. The number of nitrogens with zero attached hydrogens (tertiary/aromatic N) is 1. The Morgan fingerprint density at radius 1 is 1.11 bits per heavy atom. The average molecular weight is 381 g/mol. The molecule has 1 aliphatic rings. The number of nitrogens with one attached hydrogen (secondary N) is 2. The predicted molar refractivity (Wildman–Crippen MR) is 109 cm³/mol. The lowest BCUT2D eigenvalue weighted by atomic mass is 10.0. The summed E-state index contributed by atoms with van der Waals surface area (Å²) in [5, 5.41) is 5.86. The highest BCUT2D eigenvalue weighted by Crippen LogP contribution is 2.21. The SMILES string of the molecule is CCOc1ccc(NC(=O)N2CCC(CC(=O)NCc3ccccc3)C2)cc1. The largest absolute Gasteiger partial charge is 0.494 e. The van der Waals surface area contributed by atoms with Gasteiger partial charge in [-0.15, -0.1) is 0 Å². The van der Waals surface area contributed by atoms with Crippen LogP contribution in [-0.2, 0) is 11.3 Å². The Hall–Kier alpha value is -3.02. The van der Waals surface area contributed by atoms with Crippen LogP contribution in [0, 0.1) is 5.92 Å². The second kappa shape index (κ2) is 9.78. The Kier molecular flexibility index (Phi) is 6.89. The van der Waals surface area contributed by atoms with Crippen LogP contribution in [0.2, 0.25) is 0 Å². The molecule has 3 rings (SSSR count). The third-order valence-corrected chi connectivity index (χ3v) is 4.80. The van der Waals surface area contributed by atoms with Crippen molar-refractivity contribution in [2.45, 2.75) is 26.3 Å². The maximum atomic E-state index is 12.5. The first-order valence-corrected chi connectivity index (χ1v) is 9.73. The quantitative estimate of drug-likeness (QED) is 0.769. The summed E-state index contributed by atoms with van der Waals surface area (Å²) in [4.78, 5) is 26.4. The maximum absolute atomic E-state index is 12.5. The Bertz CT molecular complexity index is 777. The van der Waals surface area contributed by atoms with Gasteiger partial charge in [-0.25, -0.2) is 4.79 Å². The molecule has 1 fully saturated rings. The van der Waals surface area contributed by atoms with Crippen LogP contribution in [0.25, 0.3) is 0 Å². The highest BCUT2D eigenvalue weighted by molar-refractivity contribution is 5.89. The lowest BCUT2D eigenvalue weighted by Crippen LogP contribution is -2.33. The first-order chi connectivity index (χ1) is 13.6. The molecule has 1 atom stereocenters. The van der Waals surface area contributed by atoms with E-state index >= 15 is 0 Å². The summed E-state index contributed by atoms with van der Waals surface area (Å²) in [6, 6.07) is 17.0. The number of carbonyl (C=O) groups is 2. The van der Waals surface area contributed by atoms with Crippen molar-refractivity contribution in [2.24, 2.45) is 5.92 Å². The molecule has 1 heterocycles. The van der Waals surface area contributed by atoms with E-state index in [0.29, 0.717) is 32.7 Å². The van der Waals surface area contributed by atoms with Gasteiger partial charge in [-0.1, -0.05) is 30.3 Å². The van der Waals surface area contributed by atoms with E-state index in [1.54, 1.807) is 4.90 Å².